The Kier molecular flexibility index (Phi) is 2.45. The number of carbonyl (C=O) groups is 2. The maximum atomic E-state index is 11.8. The summed E-state index contributed by atoms with van der Waals surface area (Å²) in [7, 11) is 0. The maximum absolute atomic E-state index is 11.8. The molecule has 4 atom stereocenters. The number of rotatable bonds is 0. The first-order chi connectivity index (χ1) is 7.75. The molecule has 2 saturated carbocycles. The van der Waals surface area contributed by atoms with E-state index in [1.165, 1.54) is 37.8 Å². The zero-order chi connectivity index (χ0) is 11.1. The van der Waals surface area contributed by atoms with Gasteiger partial charge in [-0.1, -0.05) is 25.7 Å². The second kappa shape index (κ2) is 3.83. The molecule has 0 aromatic rings. The predicted octanol–water partition coefficient (Wildman–Crippen LogP) is 2.53. The van der Waals surface area contributed by atoms with Crippen molar-refractivity contribution in [2.75, 3.05) is 0 Å². The third-order valence-corrected chi connectivity index (χ3v) is 4.81. The van der Waals surface area contributed by atoms with E-state index in [0.717, 1.165) is 24.7 Å². The molecule has 0 spiro atoms. The topological polar surface area (TPSA) is 34.1 Å². The molecule has 0 amide bonds. The fraction of sp³-hybridized carbons (Fsp3) is 0.714. The third kappa shape index (κ3) is 1.55. The van der Waals surface area contributed by atoms with Gasteiger partial charge in [0.15, 0.2) is 11.6 Å². The van der Waals surface area contributed by atoms with Gasteiger partial charge in [-0.25, -0.2) is 0 Å². The SMILES string of the molecule is O=C1C=CC(=O)C2CC3CCCCC3CC12. The van der Waals surface area contributed by atoms with Crippen LogP contribution in [0.4, 0.5) is 0 Å². The number of hydrogen-bond acceptors (Lipinski definition) is 2. The average Bonchev–Trinajstić information content (AvgIpc) is 2.32. The molecule has 3 rings (SSSR count). The van der Waals surface area contributed by atoms with Crippen LogP contribution in [0.25, 0.3) is 0 Å². The van der Waals surface area contributed by atoms with Crippen molar-refractivity contribution < 1.29 is 9.59 Å². The van der Waals surface area contributed by atoms with Crippen LogP contribution in [-0.2, 0) is 9.59 Å². The van der Waals surface area contributed by atoms with Crippen molar-refractivity contribution in [2.24, 2.45) is 23.7 Å². The van der Waals surface area contributed by atoms with Crippen molar-refractivity contribution in [3.05, 3.63) is 12.2 Å². The number of ketones is 2. The van der Waals surface area contributed by atoms with E-state index in [9.17, 15) is 9.59 Å². The third-order valence-electron chi connectivity index (χ3n) is 4.81. The van der Waals surface area contributed by atoms with Crippen LogP contribution >= 0.6 is 0 Å². The zero-order valence-electron chi connectivity index (χ0n) is 9.52. The Hall–Kier alpha value is -0.920. The summed E-state index contributed by atoms with van der Waals surface area (Å²) < 4.78 is 0. The van der Waals surface area contributed by atoms with Crippen LogP contribution in [0.1, 0.15) is 38.5 Å². The first kappa shape index (κ1) is 10.2. The molecule has 0 bridgehead atoms. The molecule has 2 nitrogen and oxygen atoms in total. The van der Waals surface area contributed by atoms with E-state index in [0.29, 0.717) is 0 Å². The van der Waals surface area contributed by atoms with Crippen LogP contribution in [-0.4, -0.2) is 11.6 Å². The molecule has 16 heavy (non-hydrogen) atoms. The Morgan fingerprint density at radius 1 is 0.812 bits per heavy atom. The Morgan fingerprint density at radius 3 is 1.69 bits per heavy atom. The highest BCUT2D eigenvalue weighted by Crippen LogP contribution is 2.46. The van der Waals surface area contributed by atoms with E-state index in [-0.39, 0.29) is 23.4 Å². The lowest BCUT2D eigenvalue weighted by molar-refractivity contribution is -0.133. The summed E-state index contributed by atoms with van der Waals surface area (Å²) in [4.78, 5) is 23.6. The molecule has 2 fully saturated rings. The van der Waals surface area contributed by atoms with Gasteiger partial charge in [0.1, 0.15) is 0 Å². The lowest BCUT2D eigenvalue weighted by Gasteiger charge is -2.43. The number of carbonyl (C=O) groups excluding carboxylic acids is 2. The number of allylic oxidation sites excluding steroid dienone is 2. The lowest BCUT2D eigenvalue weighted by Crippen LogP contribution is -2.42. The van der Waals surface area contributed by atoms with Crippen molar-refractivity contribution in [1.82, 2.24) is 0 Å². The van der Waals surface area contributed by atoms with Gasteiger partial charge in [0, 0.05) is 11.8 Å². The van der Waals surface area contributed by atoms with Crippen LogP contribution in [0.5, 0.6) is 0 Å². The maximum Gasteiger partial charge on any atom is 0.159 e. The minimum atomic E-state index is 0.0249. The Balaban J connectivity index is 1.84. The summed E-state index contributed by atoms with van der Waals surface area (Å²) in [6.45, 7) is 0. The van der Waals surface area contributed by atoms with Gasteiger partial charge in [-0.05, 0) is 36.8 Å². The zero-order valence-corrected chi connectivity index (χ0v) is 9.52. The molecule has 0 aromatic carbocycles. The second-order valence-electron chi connectivity index (χ2n) is 5.63. The standard InChI is InChI=1S/C14H18O2/c15-13-5-6-14(16)12-8-10-4-2-1-3-9(10)7-11(12)13/h5-6,9-12H,1-4,7-8H2. The minimum absolute atomic E-state index is 0.0249. The molecule has 0 radical (unpaired) electrons. The average molecular weight is 218 g/mol. The van der Waals surface area contributed by atoms with Crippen LogP contribution in [0.3, 0.4) is 0 Å². The van der Waals surface area contributed by atoms with Crippen LogP contribution in [0.15, 0.2) is 12.2 Å². The van der Waals surface area contributed by atoms with Crippen molar-refractivity contribution in [3.63, 3.8) is 0 Å². The minimum Gasteiger partial charge on any atom is -0.295 e. The lowest BCUT2D eigenvalue weighted by atomic mass is 9.60. The number of hydrogen-bond donors (Lipinski definition) is 0. The summed E-state index contributed by atoms with van der Waals surface area (Å²) >= 11 is 0. The van der Waals surface area contributed by atoms with E-state index in [1.54, 1.807) is 0 Å². The van der Waals surface area contributed by atoms with Gasteiger partial charge in [0.05, 0.1) is 0 Å². The van der Waals surface area contributed by atoms with Crippen molar-refractivity contribution in [2.45, 2.75) is 38.5 Å². The fourth-order valence-electron chi connectivity index (χ4n) is 3.93. The van der Waals surface area contributed by atoms with E-state index in [1.807, 2.05) is 0 Å². The molecule has 0 saturated heterocycles. The Morgan fingerprint density at radius 2 is 1.25 bits per heavy atom. The molecular weight excluding hydrogens is 200 g/mol. The van der Waals surface area contributed by atoms with Crippen LogP contribution in [0, 0.1) is 23.7 Å². The smallest absolute Gasteiger partial charge is 0.159 e. The van der Waals surface area contributed by atoms with Crippen molar-refractivity contribution in [3.8, 4) is 0 Å². The second-order valence-corrected chi connectivity index (χ2v) is 5.63. The van der Waals surface area contributed by atoms with Crippen molar-refractivity contribution >= 4 is 11.6 Å². The van der Waals surface area contributed by atoms with Crippen LogP contribution < -0.4 is 0 Å². The molecule has 0 aliphatic heterocycles. The van der Waals surface area contributed by atoms with Gasteiger partial charge in [0.2, 0.25) is 0 Å². The van der Waals surface area contributed by atoms with Crippen LogP contribution in [0.2, 0.25) is 0 Å². The summed E-state index contributed by atoms with van der Waals surface area (Å²) in [5.74, 6) is 1.90. The van der Waals surface area contributed by atoms with Gasteiger partial charge >= 0.3 is 0 Å². The quantitative estimate of drug-likeness (QED) is 0.626. The fourth-order valence-corrected chi connectivity index (χ4v) is 3.93. The van der Waals surface area contributed by atoms with E-state index in [4.69, 9.17) is 0 Å². The monoisotopic (exact) mass is 218 g/mol. The molecular formula is C14H18O2. The largest absolute Gasteiger partial charge is 0.295 e. The van der Waals surface area contributed by atoms with E-state index >= 15 is 0 Å². The van der Waals surface area contributed by atoms with E-state index < -0.39 is 0 Å². The van der Waals surface area contributed by atoms with Gasteiger partial charge in [-0.2, -0.15) is 0 Å². The summed E-state index contributed by atoms with van der Waals surface area (Å²) in [5.41, 5.74) is 0. The summed E-state index contributed by atoms with van der Waals surface area (Å²) in [6, 6.07) is 0. The molecule has 0 heterocycles. The Labute approximate surface area is 96.1 Å². The molecule has 3 aliphatic rings. The van der Waals surface area contributed by atoms with Gasteiger partial charge < -0.3 is 0 Å². The summed E-state index contributed by atoms with van der Waals surface area (Å²) in [6.07, 6.45) is 10.2. The Bertz CT molecular complexity index is 322. The molecule has 3 aliphatic carbocycles. The van der Waals surface area contributed by atoms with Gasteiger partial charge in [0.25, 0.3) is 0 Å². The summed E-state index contributed by atoms with van der Waals surface area (Å²) in [5, 5.41) is 0. The normalized spacial score (nSPS) is 42.8. The van der Waals surface area contributed by atoms with E-state index in [2.05, 4.69) is 0 Å². The molecule has 86 valence electrons. The van der Waals surface area contributed by atoms with Gasteiger partial charge in [-0.3, -0.25) is 9.59 Å². The van der Waals surface area contributed by atoms with Gasteiger partial charge in [-0.15, -0.1) is 0 Å². The highest BCUT2D eigenvalue weighted by molar-refractivity contribution is 6.07. The highest BCUT2D eigenvalue weighted by Gasteiger charge is 2.44. The highest BCUT2D eigenvalue weighted by atomic mass is 16.1. The molecule has 2 heteroatoms. The molecule has 0 aromatic heterocycles. The number of fused-ring (bicyclic) bond motifs is 2. The first-order valence-corrected chi connectivity index (χ1v) is 6.51. The molecule has 4 unspecified atom stereocenters. The first-order valence-electron chi connectivity index (χ1n) is 6.51. The van der Waals surface area contributed by atoms with Crippen molar-refractivity contribution in [1.29, 1.82) is 0 Å². The predicted molar refractivity (Wildman–Crippen MR) is 60.8 cm³/mol. The molecule has 0 N–H and O–H groups in total.